The highest BCUT2D eigenvalue weighted by molar-refractivity contribution is 5.85. The van der Waals surface area contributed by atoms with Crippen molar-refractivity contribution in [1.29, 1.82) is 0 Å². The molecule has 0 bridgehead atoms. The summed E-state index contributed by atoms with van der Waals surface area (Å²) in [4.78, 5) is 13.6. The van der Waals surface area contributed by atoms with Crippen LogP contribution in [0.3, 0.4) is 0 Å². The first kappa shape index (κ1) is 15.7. The van der Waals surface area contributed by atoms with Crippen molar-refractivity contribution in [3.05, 3.63) is 0 Å². The second-order valence-corrected chi connectivity index (χ2v) is 4.05. The number of carbonyl (C=O) groups excluding carboxylic acids is 1. The number of hydrogen-bond donors (Lipinski definition) is 1. The van der Waals surface area contributed by atoms with Gasteiger partial charge in [0.25, 0.3) is 0 Å². The van der Waals surface area contributed by atoms with Crippen molar-refractivity contribution in [1.82, 2.24) is 4.90 Å². The molecule has 1 amide bonds. The molecule has 1 heterocycles. The van der Waals surface area contributed by atoms with Crippen LogP contribution in [-0.2, 0) is 9.53 Å². The molecule has 1 aliphatic rings. The van der Waals surface area contributed by atoms with E-state index in [1.807, 2.05) is 11.8 Å². The molecule has 1 fully saturated rings. The SMILES string of the molecule is CCOCC1CCCN(C(=O)CCN)C1.Cl. The van der Waals surface area contributed by atoms with Gasteiger partial charge in [-0.2, -0.15) is 0 Å². The molecule has 1 aliphatic heterocycles. The van der Waals surface area contributed by atoms with Crippen molar-refractivity contribution in [3.8, 4) is 0 Å². The Hall–Kier alpha value is -0.320. The predicted molar refractivity (Wildman–Crippen MR) is 66.7 cm³/mol. The molecule has 96 valence electrons. The standard InChI is InChI=1S/C11H22N2O2.ClH/c1-2-15-9-10-4-3-7-13(8-10)11(14)5-6-12;/h10H,2-9,12H2,1H3;1H. The minimum Gasteiger partial charge on any atom is -0.381 e. The van der Waals surface area contributed by atoms with Crippen LogP contribution in [0, 0.1) is 5.92 Å². The number of carbonyl (C=O) groups is 1. The molecule has 0 aromatic heterocycles. The third-order valence-corrected chi connectivity index (χ3v) is 2.79. The van der Waals surface area contributed by atoms with E-state index in [-0.39, 0.29) is 18.3 Å². The lowest BCUT2D eigenvalue weighted by Crippen LogP contribution is -2.41. The van der Waals surface area contributed by atoms with Gasteiger partial charge in [-0.05, 0) is 25.7 Å². The van der Waals surface area contributed by atoms with E-state index in [0.29, 0.717) is 18.9 Å². The summed E-state index contributed by atoms with van der Waals surface area (Å²) in [6, 6.07) is 0. The Bertz CT molecular complexity index is 202. The molecule has 0 aromatic carbocycles. The maximum atomic E-state index is 11.6. The number of halogens is 1. The Balaban J connectivity index is 0.00000225. The number of piperidine rings is 1. The summed E-state index contributed by atoms with van der Waals surface area (Å²) >= 11 is 0. The van der Waals surface area contributed by atoms with Gasteiger partial charge in [0.1, 0.15) is 0 Å². The Kier molecular flexibility index (Phi) is 8.61. The third kappa shape index (κ3) is 5.14. The lowest BCUT2D eigenvalue weighted by atomic mass is 9.99. The molecule has 0 radical (unpaired) electrons. The summed E-state index contributed by atoms with van der Waals surface area (Å²) < 4.78 is 5.40. The van der Waals surface area contributed by atoms with Crippen LogP contribution in [0.25, 0.3) is 0 Å². The van der Waals surface area contributed by atoms with Gasteiger partial charge in [-0.3, -0.25) is 4.79 Å². The van der Waals surface area contributed by atoms with Crippen LogP contribution in [0.1, 0.15) is 26.2 Å². The molecule has 4 nitrogen and oxygen atoms in total. The summed E-state index contributed by atoms with van der Waals surface area (Å²) in [5.41, 5.74) is 5.38. The van der Waals surface area contributed by atoms with Crippen LogP contribution in [0.4, 0.5) is 0 Å². The Labute approximate surface area is 104 Å². The zero-order valence-electron chi connectivity index (χ0n) is 9.98. The van der Waals surface area contributed by atoms with E-state index in [1.165, 1.54) is 6.42 Å². The van der Waals surface area contributed by atoms with Crippen LogP contribution in [0.15, 0.2) is 0 Å². The molecule has 1 saturated heterocycles. The Morgan fingerprint density at radius 1 is 1.56 bits per heavy atom. The quantitative estimate of drug-likeness (QED) is 0.793. The van der Waals surface area contributed by atoms with Crippen molar-refractivity contribution < 1.29 is 9.53 Å². The molecule has 16 heavy (non-hydrogen) atoms. The molecule has 0 saturated carbocycles. The van der Waals surface area contributed by atoms with Crippen LogP contribution in [-0.4, -0.2) is 43.7 Å². The van der Waals surface area contributed by atoms with Crippen LogP contribution in [0.2, 0.25) is 0 Å². The van der Waals surface area contributed by atoms with Gasteiger partial charge < -0.3 is 15.4 Å². The molecule has 0 aromatic rings. The van der Waals surface area contributed by atoms with Gasteiger partial charge in [-0.15, -0.1) is 12.4 Å². The van der Waals surface area contributed by atoms with Gasteiger partial charge in [-0.1, -0.05) is 0 Å². The van der Waals surface area contributed by atoms with Gasteiger partial charge >= 0.3 is 0 Å². The number of likely N-dealkylation sites (tertiary alicyclic amines) is 1. The van der Waals surface area contributed by atoms with Crippen molar-refractivity contribution in [3.63, 3.8) is 0 Å². The molecule has 1 unspecified atom stereocenters. The lowest BCUT2D eigenvalue weighted by Gasteiger charge is -2.32. The summed E-state index contributed by atoms with van der Waals surface area (Å²) in [6.45, 7) is 5.72. The third-order valence-electron chi connectivity index (χ3n) is 2.79. The summed E-state index contributed by atoms with van der Waals surface area (Å²) in [6.07, 6.45) is 2.74. The first-order valence-corrected chi connectivity index (χ1v) is 5.83. The summed E-state index contributed by atoms with van der Waals surface area (Å²) in [5, 5.41) is 0. The largest absolute Gasteiger partial charge is 0.381 e. The van der Waals surface area contributed by atoms with Gasteiger partial charge in [0.05, 0.1) is 6.61 Å². The molecule has 1 atom stereocenters. The maximum Gasteiger partial charge on any atom is 0.223 e. The van der Waals surface area contributed by atoms with Gasteiger partial charge in [0.15, 0.2) is 0 Å². The predicted octanol–water partition coefficient (Wildman–Crippen LogP) is 1.03. The lowest BCUT2D eigenvalue weighted by molar-refractivity contribution is -0.133. The van der Waals surface area contributed by atoms with E-state index in [4.69, 9.17) is 10.5 Å². The van der Waals surface area contributed by atoms with Crippen molar-refractivity contribution in [2.45, 2.75) is 26.2 Å². The first-order chi connectivity index (χ1) is 7.27. The van der Waals surface area contributed by atoms with Gasteiger partial charge in [0, 0.05) is 32.7 Å². The van der Waals surface area contributed by atoms with Crippen LogP contribution in [0.5, 0.6) is 0 Å². The number of nitrogens with zero attached hydrogens (tertiary/aromatic N) is 1. The highest BCUT2D eigenvalue weighted by Gasteiger charge is 2.22. The molecule has 0 aliphatic carbocycles. The molecular formula is C11H23ClN2O2. The topological polar surface area (TPSA) is 55.6 Å². The molecule has 0 spiro atoms. The second kappa shape index (κ2) is 8.79. The number of ether oxygens (including phenoxy) is 1. The van der Waals surface area contributed by atoms with Crippen molar-refractivity contribution in [2.75, 3.05) is 32.8 Å². The minimum absolute atomic E-state index is 0. The zero-order chi connectivity index (χ0) is 11.1. The Morgan fingerprint density at radius 2 is 2.31 bits per heavy atom. The van der Waals surface area contributed by atoms with E-state index in [9.17, 15) is 4.79 Å². The maximum absolute atomic E-state index is 11.6. The van der Waals surface area contributed by atoms with Crippen LogP contribution >= 0.6 is 12.4 Å². The second-order valence-electron chi connectivity index (χ2n) is 4.05. The highest BCUT2D eigenvalue weighted by atomic mass is 35.5. The number of hydrogen-bond acceptors (Lipinski definition) is 3. The van der Waals surface area contributed by atoms with E-state index in [2.05, 4.69) is 0 Å². The number of amides is 1. The fourth-order valence-electron chi connectivity index (χ4n) is 1.99. The smallest absolute Gasteiger partial charge is 0.223 e. The average molecular weight is 251 g/mol. The van der Waals surface area contributed by atoms with E-state index >= 15 is 0 Å². The first-order valence-electron chi connectivity index (χ1n) is 5.83. The normalized spacial score (nSPS) is 20.4. The molecule has 1 rings (SSSR count). The van der Waals surface area contributed by atoms with E-state index in [0.717, 1.165) is 32.7 Å². The minimum atomic E-state index is 0. The van der Waals surface area contributed by atoms with Gasteiger partial charge in [-0.25, -0.2) is 0 Å². The molecular weight excluding hydrogens is 228 g/mol. The van der Waals surface area contributed by atoms with E-state index < -0.39 is 0 Å². The number of rotatable bonds is 5. The number of nitrogens with two attached hydrogens (primary N) is 1. The highest BCUT2D eigenvalue weighted by Crippen LogP contribution is 2.17. The fraction of sp³-hybridized carbons (Fsp3) is 0.909. The Morgan fingerprint density at radius 3 is 2.94 bits per heavy atom. The summed E-state index contributed by atoms with van der Waals surface area (Å²) in [7, 11) is 0. The van der Waals surface area contributed by atoms with Crippen molar-refractivity contribution in [2.24, 2.45) is 11.7 Å². The van der Waals surface area contributed by atoms with Crippen molar-refractivity contribution >= 4 is 18.3 Å². The average Bonchev–Trinajstić information content (AvgIpc) is 2.27. The fourth-order valence-corrected chi connectivity index (χ4v) is 1.99. The monoisotopic (exact) mass is 250 g/mol. The van der Waals surface area contributed by atoms with E-state index in [1.54, 1.807) is 0 Å². The summed E-state index contributed by atoms with van der Waals surface area (Å²) in [5.74, 6) is 0.708. The van der Waals surface area contributed by atoms with Crippen LogP contribution < -0.4 is 5.73 Å². The van der Waals surface area contributed by atoms with Gasteiger partial charge in [0.2, 0.25) is 5.91 Å². The molecule has 5 heteroatoms. The molecule has 2 N–H and O–H groups in total. The zero-order valence-corrected chi connectivity index (χ0v) is 10.8.